The van der Waals surface area contributed by atoms with Gasteiger partial charge in [0.2, 0.25) is 0 Å². The average Bonchev–Trinajstić information content (AvgIpc) is 2.51. The van der Waals surface area contributed by atoms with Crippen LogP contribution in [-0.4, -0.2) is 31.1 Å². The first-order valence-electron chi connectivity index (χ1n) is 6.63. The number of hydrogen-bond donors (Lipinski definition) is 0. The maximum atomic E-state index is 12.0. The highest BCUT2D eigenvalue weighted by molar-refractivity contribution is 5.79. The van der Waals surface area contributed by atoms with E-state index in [1.807, 2.05) is 0 Å². The van der Waals surface area contributed by atoms with Crippen LogP contribution in [0.2, 0.25) is 0 Å². The molecule has 0 aliphatic heterocycles. The van der Waals surface area contributed by atoms with Crippen molar-refractivity contribution in [3.05, 3.63) is 39.9 Å². The summed E-state index contributed by atoms with van der Waals surface area (Å²) in [5.74, 6) is -1.46. The Morgan fingerprint density at radius 3 is 2.14 bits per heavy atom. The Morgan fingerprint density at radius 1 is 1.18 bits per heavy atom. The van der Waals surface area contributed by atoms with Gasteiger partial charge in [0.05, 0.1) is 31.0 Å². The summed E-state index contributed by atoms with van der Waals surface area (Å²) < 4.78 is 9.47. The number of nitrogens with zero attached hydrogens (tertiary/aromatic N) is 1. The number of esters is 2. The molecule has 0 heterocycles. The Kier molecular flexibility index (Phi) is 5.62. The summed E-state index contributed by atoms with van der Waals surface area (Å²) in [6, 6.07) is 5.76. The number of ether oxygens (including phenoxy) is 2. The molecule has 120 valence electrons. The van der Waals surface area contributed by atoms with Crippen molar-refractivity contribution in [3.63, 3.8) is 0 Å². The number of carbonyl (C=O) groups excluding carboxylic acids is 2. The van der Waals surface area contributed by atoms with Crippen molar-refractivity contribution in [3.8, 4) is 0 Å². The van der Waals surface area contributed by atoms with Gasteiger partial charge in [-0.1, -0.05) is 12.1 Å². The molecule has 1 atom stereocenters. The molecule has 1 rings (SSSR count). The van der Waals surface area contributed by atoms with Crippen LogP contribution >= 0.6 is 0 Å². The fourth-order valence-electron chi connectivity index (χ4n) is 2.27. The number of non-ortho nitro benzene ring substituents is 1. The van der Waals surface area contributed by atoms with E-state index >= 15 is 0 Å². The Hall–Kier alpha value is -2.44. The molecule has 0 spiro atoms. The van der Waals surface area contributed by atoms with Gasteiger partial charge in [-0.3, -0.25) is 19.7 Å². The lowest BCUT2D eigenvalue weighted by Crippen LogP contribution is -2.34. The van der Waals surface area contributed by atoms with Gasteiger partial charge in [-0.25, -0.2) is 0 Å². The van der Waals surface area contributed by atoms with Crippen molar-refractivity contribution >= 4 is 17.6 Å². The molecule has 0 aliphatic carbocycles. The topological polar surface area (TPSA) is 95.7 Å². The Labute approximate surface area is 128 Å². The standard InChI is InChI=1S/C15H19NO6/c1-15(2,14(18)22-4)12(9-13(17)21-3)10-5-7-11(8-6-10)16(19)20/h5-8,12H,9H2,1-4H3/t12-/m0/s1. The molecule has 7 nitrogen and oxygen atoms in total. The molecule has 0 bridgehead atoms. The summed E-state index contributed by atoms with van der Waals surface area (Å²) in [4.78, 5) is 33.9. The van der Waals surface area contributed by atoms with E-state index in [2.05, 4.69) is 4.74 Å². The molecule has 22 heavy (non-hydrogen) atoms. The van der Waals surface area contributed by atoms with Gasteiger partial charge in [-0.15, -0.1) is 0 Å². The second-order valence-electron chi connectivity index (χ2n) is 5.39. The summed E-state index contributed by atoms with van der Waals surface area (Å²) in [5, 5.41) is 10.7. The lowest BCUT2D eigenvalue weighted by Gasteiger charge is -2.31. The van der Waals surface area contributed by atoms with E-state index in [-0.39, 0.29) is 12.1 Å². The van der Waals surface area contributed by atoms with E-state index in [1.165, 1.54) is 38.5 Å². The van der Waals surface area contributed by atoms with E-state index in [4.69, 9.17) is 4.74 Å². The second-order valence-corrected chi connectivity index (χ2v) is 5.39. The quantitative estimate of drug-likeness (QED) is 0.455. The minimum atomic E-state index is -0.987. The van der Waals surface area contributed by atoms with E-state index in [0.717, 1.165) is 0 Å². The van der Waals surface area contributed by atoms with Crippen molar-refractivity contribution in [2.75, 3.05) is 14.2 Å². The molecule has 1 aromatic rings. The third-order valence-corrected chi connectivity index (χ3v) is 3.69. The minimum absolute atomic E-state index is 0.0313. The van der Waals surface area contributed by atoms with Gasteiger partial charge in [0.1, 0.15) is 0 Å². The van der Waals surface area contributed by atoms with Gasteiger partial charge < -0.3 is 9.47 Å². The molecule has 0 amide bonds. The Morgan fingerprint density at radius 2 is 1.73 bits per heavy atom. The van der Waals surface area contributed by atoms with Crippen LogP contribution in [0.15, 0.2) is 24.3 Å². The molecule has 0 saturated carbocycles. The lowest BCUT2D eigenvalue weighted by molar-refractivity contribution is -0.384. The highest BCUT2D eigenvalue weighted by Crippen LogP contribution is 2.39. The first kappa shape index (κ1) is 17.6. The number of nitro groups is 1. The number of hydrogen-bond acceptors (Lipinski definition) is 6. The van der Waals surface area contributed by atoms with Gasteiger partial charge in [-0.05, 0) is 19.4 Å². The average molecular weight is 309 g/mol. The largest absolute Gasteiger partial charge is 0.469 e. The first-order chi connectivity index (χ1) is 10.2. The second kappa shape index (κ2) is 7.02. The molecule has 7 heteroatoms. The predicted octanol–water partition coefficient (Wildman–Crippen LogP) is 2.44. The summed E-state index contributed by atoms with van der Waals surface area (Å²) in [5.41, 5.74) is -0.415. The third kappa shape index (κ3) is 3.81. The number of nitro benzene ring substituents is 1. The zero-order valence-corrected chi connectivity index (χ0v) is 13.0. The number of carbonyl (C=O) groups is 2. The molecule has 0 aromatic heterocycles. The monoisotopic (exact) mass is 309 g/mol. The maximum Gasteiger partial charge on any atom is 0.311 e. The van der Waals surface area contributed by atoms with E-state index in [9.17, 15) is 19.7 Å². The predicted molar refractivity (Wildman–Crippen MR) is 78.3 cm³/mol. The smallest absolute Gasteiger partial charge is 0.311 e. The fraction of sp³-hybridized carbons (Fsp3) is 0.467. The third-order valence-electron chi connectivity index (χ3n) is 3.69. The molecular weight excluding hydrogens is 290 g/mol. The van der Waals surface area contributed by atoms with Crippen LogP contribution in [0.25, 0.3) is 0 Å². The molecule has 1 aromatic carbocycles. The van der Waals surface area contributed by atoms with E-state index in [1.54, 1.807) is 13.8 Å². The summed E-state index contributed by atoms with van der Waals surface area (Å²) in [6.07, 6.45) is -0.0313. The Bertz CT molecular complexity index is 564. The first-order valence-corrected chi connectivity index (χ1v) is 6.63. The van der Waals surface area contributed by atoms with Crippen molar-refractivity contribution in [2.45, 2.75) is 26.2 Å². The number of rotatable bonds is 6. The molecular formula is C15H19NO6. The normalized spacial score (nSPS) is 12.4. The molecule has 0 N–H and O–H groups in total. The zero-order valence-electron chi connectivity index (χ0n) is 13.0. The molecule has 0 radical (unpaired) electrons. The lowest BCUT2D eigenvalue weighted by atomic mass is 9.73. The van der Waals surface area contributed by atoms with E-state index in [0.29, 0.717) is 5.56 Å². The highest BCUT2D eigenvalue weighted by Gasteiger charge is 2.40. The van der Waals surface area contributed by atoms with Crippen LogP contribution in [0.1, 0.15) is 31.7 Å². The number of benzene rings is 1. The summed E-state index contributed by atoms with van der Waals surface area (Å²) in [6.45, 7) is 3.32. The van der Waals surface area contributed by atoms with Crippen molar-refractivity contribution < 1.29 is 24.0 Å². The summed E-state index contributed by atoms with van der Waals surface area (Å²) >= 11 is 0. The van der Waals surface area contributed by atoms with Gasteiger partial charge in [-0.2, -0.15) is 0 Å². The van der Waals surface area contributed by atoms with Crippen molar-refractivity contribution in [1.29, 1.82) is 0 Å². The van der Waals surface area contributed by atoms with Crippen molar-refractivity contribution in [2.24, 2.45) is 5.41 Å². The van der Waals surface area contributed by atoms with Crippen LogP contribution in [0.3, 0.4) is 0 Å². The molecule has 0 unspecified atom stereocenters. The van der Waals surface area contributed by atoms with Gasteiger partial charge in [0.25, 0.3) is 5.69 Å². The van der Waals surface area contributed by atoms with Gasteiger partial charge >= 0.3 is 11.9 Å². The van der Waals surface area contributed by atoms with Crippen molar-refractivity contribution in [1.82, 2.24) is 0 Å². The zero-order chi connectivity index (χ0) is 16.9. The SMILES string of the molecule is COC(=O)C[C@@H](c1ccc([N+](=O)[O-])cc1)C(C)(C)C(=O)OC. The van der Waals surface area contributed by atoms with E-state index < -0.39 is 28.2 Å². The molecule has 0 aliphatic rings. The molecule has 0 fully saturated rings. The van der Waals surface area contributed by atoms with Crippen LogP contribution < -0.4 is 0 Å². The van der Waals surface area contributed by atoms with Gasteiger partial charge in [0.15, 0.2) is 0 Å². The highest BCUT2D eigenvalue weighted by atomic mass is 16.6. The summed E-state index contributed by atoms with van der Waals surface area (Å²) in [7, 11) is 2.54. The molecule has 0 saturated heterocycles. The van der Waals surface area contributed by atoms with Crippen LogP contribution in [0, 0.1) is 15.5 Å². The minimum Gasteiger partial charge on any atom is -0.469 e. The van der Waals surface area contributed by atoms with Gasteiger partial charge in [0, 0.05) is 18.1 Å². The fourth-order valence-corrected chi connectivity index (χ4v) is 2.27. The van der Waals surface area contributed by atoms with Crippen LogP contribution in [-0.2, 0) is 19.1 Å². The van der Waals surface area contributed by atoms with Crippen LogP contribution in [0.4, 0.5) is 5.69 Å². The Balaban J connectivity index is 3.22. The van der Waals surface area contributed by atoms with Crippen LogP contribution in [0.5, 0.6) is 0 Å². The maximum absolute atomic E-state index is 12.0. The number of methoxy groups -OCH3 is 2.